The maximum Gasteiger partial charge on any atom is 0.161 e. The summed E-state index contributed by atoms with van der Waals surface area (Å²) in [5, 5.41) is 1.09. The number of nitrogens with zero attached hydrogens (tertiary/aromatic N) is 5. The van der Waals surface area contributed by atoms with Crippen LogP contribution in [0.5, 0.6) is 0 Å². The van der Waals surface area contributed by atoms with Crippen molar-refractivity contribution in [2.24, 2.45) is 0 Å². The highest BCUT2D eigenvalue weighted by Gasteiger charge is 2.14. The molecule has 0 saturated heterocycles. The van der Waals surface area contributed by atoms with E-state index in [4.69, 9.17) is 24.9 Å². The van der Waals surface area contributed by atoms with Gasteiger partial charge in [-0.15, -0.1) is 0 Å². The summed E-state index contributed by atoms with van der Waals surface area (Å²) >= 11 is 0. The highest BCUT2D eigenvalue weighted by atomic mass is 14.9. The van der Waals surface area contributed by atoms with Gasteiger partial charge in [-0.05, 0) is 53.6 Å². The summed E-state index contributed by atoms with van der Waals surface area (Å²) in [5.74, 6) is 0.617. The van der Waals surface area contributed by atoms with Crippen molar-refractivity contribution in [2.45, 2.75) is 0 Å². The molecule has 0 radical (unpaired) electrons. The van der Waals surface area contributed by atoms with Gasteiger partial charge in [-0.2, -0.15) is 0 Å². The van der Waals surface area contributed by atoms with Crippen molar-refractivity contribution >= 4 is 10.9 Å². The lowest BCUT2D eigenvalue weighted by molar-refractivity contribution is 1.17. The van der Waals surface area contributed by atoms with Crippen LogP contribution in [0.1, 0.15) is 0 Å². The van der Waals surface area contributed by atoms with Crippen molar-refractivity contribution in [1.29, 1.82) is 0 Å². The molecule has 0 atom stereocenters. The first kappa shape index (κ1) is 27.2. The molecule has 4 aromatic carbocycles. The number of hydrogen-bond acceptors (Lipinski definition) is 5. The molecule has 0 bridgehead atoms. The maximum absolute atomic E-state index is 5.06. The zero-order valence-corrected chi connectivity index (χ0v) is 24.8. The monoisotopic (exact) mass is 589 g/mol. The van der Waals surface area contributed by atoms with Gasteiger partial charge in [0, 0.05) is 28.3 Å². The predicted molar refractivity (Wildman–Crippen MR) is 186 cm³/mol. The molecule has 4 aromatic heterocycles. The van der Waals surface area contributed by atoms with Crippen LogP contribution in [-0.2, 0) is 0 Å². The van der Waals surface area contributed by atoms with Crippen LogP contribution in [0.15, 0.2) is 164 Å². The number of fused-ring (bicyclic) bond motifs is 1. The van der Waals surface area contributed by atoms with Gasteiger partial charge in [0.1, 0.15) is 0 Å². The summed E-state index contributed by atoms with van der Waals surface area (Å²) in [6.45, 7) is 0. The van der Waals surface area contributed by atoms with Crippen molar-refractivity contribution in [3.8, 4) is 67.8 Å². The molecular weight excluding hydrogens is 562 g/mol. The van der Waals surface area contributed by atoms with Gasteiger partial charge >= 0.3 is 0 Å². The normalized spacial score (nSPS) is 11.0. The first-order valence-electron chi connectivity index (χ1n) is 15.2. The molecule has 4 heterocycles. The largest absolute Gasteiger partial charge is 0.254 e. The lowest BCUT2D eigenvalue weighted by Gasteiger charge is -2.11. The van der Waals surface area contributed by atoms with Gasteiger partial charge in [0.2, 0.25) is 0 Å². The molecule has 0 fully saturated rings. The fourth-order valence-corrected chi connectivity index (χ4v) is 5.57. The molecule has 0 unspecified atom stereocenters. The molecule has 0 aliphatic heterocycles. The fourth-order valence-electron chi connectivity index (χ4n) is 5.57. The van der Waals surface area contributed by atoms with E-state index in [1.807, 2.05) is 103 Å². The quantitative estimate of drug-likeness (QED) is 0.193. The van der Waals surface area contributed by atoms with Gasteiger partial charge in [0.25, 0.3) is 0 Å². The molecule has 5 heteroatoms. The van der Waals surface area contributed by atoms with Crippen LogP contribution in [-0.4, -0.2) is 24.9 Å². The Morgan fingerprint density at radius 2 is 0.870 bits per heavy atom. The summed E-state index contributed by atoms with van der Waals surface area (Å²) in [6, 6.07) is 53.2. The molecule has 8 rings (SSSR count). The van der Waals surface area contributed by atoms with Crippen molar-refractivity contribution in [2.75, 3.05) is 0 Å². The van der Waals surface area contributed by atoms with Crippen molar-refractivity contribution in [3.05, 3.63) is 164 Å². The Kier molecular flexibility index (Phi) is 7.09. The Morgan fingerprint density at radius 1 is 0.304 bits per heavy atom. The molecule has 0 N–H and O–H groups in total. The van der Waals surface area contributed by atoms with E-state index < -0.39 is 0 Å². The van der Waals surface area contributed by atoms with Crippen molar-refractivity contribution < 1.29 is 0 Å². The van der Waals surface area contributed by atoms with E-state index in [2.05, 4.69) is 60.7 Å². The first-order chi connectivity index (χ1) is 22.8. The minimum atomic E-state index is 0.617. The minimum absolute atomic E-state index is 0.617. The molecule has 0 aliphatic carbocycles. The van der Waals surface area contributed by atoms with Crippen LogP contribution in [0.25, 0.3) is 78.7 Å². The van der Waals surface area contributed by atoms with Gasteiger partial charge in [-0.25, -0.2) is 19.9 Å². The molecule has 8 aromatic rings. The lowest BCUT2D eigenvalue weighted by Crippen LogP contribution is -1.97. The third-order valence-corrected chi connectivity index (χ3v) is 7.94. The number of hydrogen-bond donors (Lipinski definition) is 0. The highest BCUT2D eigenvalue weighted by Crippen LogP contribution is 2.31. The average Bonchev–Trinajstić information content (AvgIpc) is 3.15. The maximum atomic E-state index is 5.06. The second-order valence-corrected chi connectivity index (χ2v) is 11.0. The third-order valence-electron chi connectivity index (χ3n) is 7.94. The van der Waals surface area contributed by atoms with E-state index in [1.165, 1.54) is 0 Å². The van der Waals surface area contributed by atoms with Gasteiger partial charge in [0.05, 0.1) is 39.7 Å². The molecule has 0 amide bonds. The number of rotatable bonds is 6. The predicted octanol–water partition coefficient (Wildman–Crippen LogP) is 9.82. The van der Waals surface area contributed by atoms with Gasteiger partial charge < -0.3 is 0 Å². The Labute approximate surface area is 267 Å². The molecule has 0 saturated carbocycles. The Bertz CT molecular complexity index is 2230. The van der Waals surface area contributed by atoms with Crippen LogP contribution >= 0.6 is 0 Å². The number of aromatic nitrogens is 5. The zero-order chi connectivity index (χ0) is 30.7. The van der Waals surface area contributed by atoms with Gasteiger partial charge in [0.15, 0.2) is 5.82 Å². The average molecular weight is 590 g/mol. The Hall–Kier alpha value is -6.33. The van der Waals surface area contributed by atoms with E-state index in [-0.39, 0.29) is 0 Å². The Balaban J connectivity index is 1.22. The van der Waals surface area contributed by atoms with Crippen LogP contribution in [0.4, 0.5) is 0 Å². The van der Waals surface area contributed by atoms with E-state index in [0.717, 1.165) is 72.9 Å². The standard InChI is InChI=1S/C41H27N5/c1-4-12-28(13-5-1)33-24-39(44-40(25-33)36-23-20-31-18-10-11-19-34(31)43-36)35-22-21-32(27-42-35)41-45-37(29-14-6-2-7-15-29)26-38(46-41)30-16-8-3-9-17-30/h1-27H. The summed E-state index contributed by atoms with van der Waals surface area (Å²) in [6.07, 6.45) is 1.83. The van der Waals surface area contributed by atoms with Crippen molar-refractivity contribution in [3.63, 3.8) is 0 Å². The lowest BCUT2D eigenvalue weighted by atomic mass is 10.0. The fraction of sp³-hybridized carbons (Fsp3) is 0. The van der Waals surface area contributed by atoms with Gasteiger partial charge in [-0.1, -0.05) is 115 Å². The molecule has 5 nitrogen and oxygen atoms in total. The van der Waals surface area contributed by atoms with Crippen molar-refractivity contribution in [1.82, 2.24) is 24.9 Å². The van der Waals surface area contributed by atoms with Crippen LogP contribution < -0.4 is 0 Å². The van der Waals surface area contributed by atoms with Crippen LogP contribution in [0, 0.1) is 0 Å². The van der Waals surface area contributed by atoms with E-state index in [1.54, 1.807) is 0 Å². The van der Waals surface area contributed by atoms with Gasteiger partial charge in [-0.3, -0.25) is 4.98 Å². The summed E-state index contributed by atoms with van der Waals surface area (Å²) in [5.41, 5.74) is 10.8. The molecule has 216 valence electrons. The first-order valence-corrected chi connectivity index (χ1v) is 15.2. The second-order valence-electron chi connectivity index (χ2n) is 11.0. The van der Waals surface area contributed by atoms with E-state index in [9.17, 15) is 0 Å². The third kappa shape index (κ3) is 5.53. The second kappa shape index (κ2) is 12.0. The SMILES string of the molecule is c1ccc(-c2cc(-c3ccc(-c4nc(-c5ccccc5)cc(-c5ccccc5)n4)cn3)nc(-c3ccc4ccccc4n3)c2)cc1. The Morgan fingerprint density at radius 3 is 1.50 bits per heavy atom. The topological polar surface area (TPSA) is 64.5 Å². The highest BCUT2D eigenvalue weighted by molar-refractivity contribution is 5.82. The summed E-state index contributed by atoms with van der Waals surface area (Å²) in [4.78, 5) is 24.8. The van der Waals surface area contributed by atoms with E-state index >= 15 is 0 Å². The summed E-state index contributed by atoms with van der Waals surface area (Å²) < 4.78 is 0. The number of para-hydroxylation sites is 1. The van der Waals surface area contributed by atoms with E-state index in [0.29, 0.717) is 5.82 Å². The molecule has 46 heavy (non-hydrogen) atoms. The number of pyridine rings is 3. The smallest absolute Gasteiger partial charge is 0.161 e. The van der Waals surface area contributed by atoms with Crippen LogP contribution in [0.3, 0.4) is 0 Å². The van der Waals surface area contributed by atoms with Crippen LogP contribution in [0.2, 0.25) is 0 Å². The number of benzene rings is 4. The summed E-state index contributed by atoms with van der Waals surface area (Å²) in [7, 11) is 0. The molecule has 0 spiro atoms. The minimum Gasteiger partial charge on any atom is -0.254 e. The molecular formula is C41H27N5. The zero-order valence-electron chi connectivity index (χ0n) is 24.8. The molecule has 0 aliphatic rings.